The van der Waals surface area contributed by atoms with Crippen molar-refractivity contribution in [2.45, 2.75) is 57.4 Å². The number of carbonyl (C=O) groups is 2. The highest BCUT2D eigenvalue weighted by Crippen LogP contribution is 2.36. The zero-order chi connectivity index (χ0) is 24.7. The fraction of sp³-hybridized carbons (Fsp3) is 0.467. The standard InChI is InChI=1S/C30H36N2O4/c33-22-36-30(34)26-11-5-7-13-29(26)35-19-18-31-16-14-24(15-17-31)27-21-32(20-23-8-2-1-3-9-23)28-12-6-4-10-25(27)28/h4-7,10-13,21-24H,1-3,8-9,14-20H2. The van der Waals surface area contributed by atoms with Gasteiger partial charge in [0.1, 0.15) is 17.9 Å². The van der Waals surface area contributed by atoms with Crippen LogP contribution in [0.25, 0.3) is 10.9 Å². The lowest BCUT2D eigenvalue weighted by atomic mass is 9.89. The zero-order valence-electron chi connectivity index (χ0n) is 20.9. The summed E-state index contributed by atoms with van der Waals surface area (Å²) in [7, 11) is 0. The number of rotatable bonds is 9. The Morgan fingerprint density at radius 2 is 1.69 bits per heavy atom. The quantitative estimate of drug-likeness (QED) is 0.217. The average molecular weight is 489 g/mol. The van der Waals surface area contributed by atoms with E-state index in [4.69, 9.17) is 4.74 Å². The molecule has 0 amide bonds. The van der Waals surface area contributed by atoms with Crippen molar-refractivity contribution >= 4 is 23.3 Å². The molecule has 1 aliphatic carbocycles. The fourth-order valence-electron chi connectivity index (χ4n) is 6.02. The lowest BCUT2D eigenvalue weighted by Crippen LogP contribution is -2.35. The van der Waals surface area contributed by atoms with Gasteiger partial charge < -0.3 is 14.0 Å². The van der Waals surface area contributed by atoms with E-state index in [-0.39, 0.29) is 12.0 Å². The third kappa shape index (κ3) is 5.65. The Morgan fingerprint density at radius 1 is 0.944 bits per heavy atom. The second kappa shape index (κ2) is 11.7. The van der Waals surface area contributed by atoms with Crippen LogP contribution in [0.2, 0.25) is 0 Å². The SMILES string of the molecule is O=COC(=O)c1ccccc1OCCN1CCC(c2cn(CC3CCCCC3)c3ccccc23)CC1. The van der Waals surface area contributed by atoms with E-state index >= 15 is 0 Å². The first-order chi connectivity index (χ1) is 17.7. The largest absolute Gasteiger partial charge is 0.491 e. The van der Waals surface area contributed by atoms with E-state index in [0.717, 1.165) is 44.9 Å². The number of para-hydroxylation sites is 2. The molecule has 0 radical (unpaired) electrons. The first kappa shape index (κ1) is 24.6. The minimum Gasteiger partial charge on any atom is -0.491 e. The summed E-state index contributed by atoms with van der Waals surface area (Å²) in [6.07, 6.45) is 11.6. The molecule has 6 heteroatoms. The highest BCUT2D eigenvalue weighted by Gasteiger charge is 2.25. The van der Waals surface area contributed by atoms with Gasteiger partial charge >= 0.3 is 12.4 Å². The third-order valence-electron chi connectivity index (χ3n) is 7.95. The van der Waals surface area contributed by atoms with Crippen LogP contribution < -0.4 is 4.74 Å². The molecular formula is C30H36N2O4. The predicted octanol–water partition coefficient (Wildman–Crippen LogP) is 5.79. The Labute approximate surface area is 213 Å². The molecule has 5 rings (SSSR count). The van der Waals surface area contributed by atoms with Crippen LogP contribution in [0, 0.1) is 5.92 Å². The first-order valence-corrected chi connectivity index (χ1v) is 13.4. The highest BCUT2D eigenvalue weighted by atomic mass is 16.6. The Morgan fingerprint density at radius 3 is 2.50 bits per heavy atom. The van der Waals surface area contributed by atoms with Gasteiger partial charge in [-0.3, -0.25) is 9.69 Å². The normalized spacial score (nSPS) is 17.8. The second-order valence-electron chi connectivity index (χ2n) is 10.2. The van der Waals surface area contributed by atoms with Crippen LogP contribution in [0.5, 0.6) is 5.75 Å². The van der Waals surface area contributed by atoms with Gasteiger partial charge in [-0.25, -0.2) is 4.79 Å². The molecule has 0 unspecified atom stereocenters. The summed E-state index contributed by atoms with van der Waals surface area (Å²) in [6, 6.07) is 15.8. The van der Waals surface area contributed by atoms with Gasteiger partial charge in [-0.15, -0.1) is 0 Å². The first-order valence-electron chi connectivity index (χ1n) is 13.4. The molecule has 1 saturated heterocycles. The van der Waals surface area contributed by atoms with E-state index < -0.39 is 5.97 Å². The molecule has 0 spiro atoms. The second-order valence-corrected chi connectivity index (χ2v) is 10.2. The number of fused-ring (bicyclic) bond motifs is 1. The highest BCUT2D eigenvalue weighted by molar-refractivity contribution is 5.95. The molecule has 0 atom stereocenters. The van der Waals surface area contributed by atoms with Gasteiger partial charge in [0.15, 0.2) is 0 Å². The maximum absolute atomic E-state index is 12.0. The Balaban J connectivity index is 1.17. The number of carbonyl (C=O) groups excluding carboxylic acids is 2. The number of benzene rings is 2. The van der Waals surface area contributed by atoms with Crippen molar-refractivity contribution in [1.29, 1.82) is 0 Å². The summed E-state index contributed by atoms with van der Waals surface area (Å²) in [5, 5.41) is 1.42. The molecule has 2 aromatic carbocycles. The lowest BCUT2D eigenvalue weighted by molar-refractivity contribution is -0.123. The molecule has 2 aliphatic rings. The van der Waals surface area contributed by atoms with E-state index in [1.54, 1.807) is 18.2 Å². The fourth-order valence-corrected chi connectivity index (χ4v) is 6.02. The van der Waals surface area contributed by atoms with Gasteiger partial charge in [0.05, 0.1) is 0 Å². The van der Waals surface area contributed by atoms with Crippen LogP contribution in [0.15, 0.2) is 54.7 Å². The molecule has 0 bridgehead atoms. The van der Waals surface area contributed by atoms with Crippen molar-refractivity contribution in [3.63, 3.8) is 0 Å². The van der Waals surface area contributed by atoms with E-state index in [9.17, 15) is 9.59 Å². The number of ether oxygens (including phenoxy) is 2. The minimum atomic E-state index is -0.691. The van der Waals surface area contributed by atoms with Gasteiger partial charge in [-0.05, 0) is 74.4 Å². The van der Waals surface area contributed by atoms with E-state index in [1.807, 2.05) is 6.07 Å². The smallest absolute Gasteiger partial charge is 0.349 e. The number of piperidine rings is 1. The molecule has 2 fully saturated rings. The summed E-state index contributed by atoms with van der Waals surface area (Å²) >= 11 is 0. The van der Waals surface area contributed by atoms with E-state index in [1.165, 1.54) is 48.6 Å². The van der Waals surface area contributed by atoms with E-state index in [0.29, 0.717) is 18.3 Å². The van der Waals surface area contributed by atoms with Gasteiger partial charge in [0.2, 0.25) is 0 Å². The van der Waals surface area contributed by atoms with Crippen LogP contribution in [0.1, 0.15) is 66.8 Å². The molecule has 1 aromatic heterocycles. The molecule has 0 N–H and O–H groups in total. The summed E-state index contributed by atoms with van der Waals surface area (Å²) in [4.78, 5) is 24.9. The van der Waals surface area contributed by atoms with Crippen LogP contribution >= 0.6 is 0 Å². The molecule has 3 aromatic rings. The van der Waals surface area contributed by atoms with Gasteiger partial charge in [-0.2, -0.15) is 0 Å². The number of hydrogen-bond donors (Lipinski definition) is 0. The number of hydrogen-bond acceptors (Lipinski definition) is 5. The maximum Gasteiger partial charge on any atom is 0.349 e. The molecule has 1 aliphatic heterocycles. The summed E-state index contributed by atoms with van der Waals surface area (Å²) in [6.45, 7) is 4.65. The van der Waals surface area contributed by atoms with Crippen molar-refractivity contribution in [3.05, 3.63) is 65.9 Å². The molecule has 2 heterocycles. The number of nitrogens with zero attached hydrogens (tertiary/aromatic N) is 2. The van der Waals surface area contributed by atoms with Crippen molar-refractivity contribution in [3.8, 4) is 5.75 Å². The topological polar surface area (TPSA) is 60.8 Å². The number of esters is 1. The molecule has 36 heavy (non-hydrogen) atoms. The van der Waals surface area contributed by atoms with Crippen LogP contribution in [-0.2, 0) is 16.1 Å². The Kier molecular flexibility index (Phi) is 8.01. The minimum absolute atomic E-state index is 0.149. The number of aromatic nitrogens is 1. The Bertz CT molecular complexity index is 1170. The maximum atomic E-state index is 12.0. The van der Waals surface area contributed by atoms with Gasteiger partial charge in [0, 0.05) is 30.2 Å². The van der Waals surface area contributed by atoms with Crippen molar-refractivity contribution in [2.24, 2.45) is 5.92 Å². The van der Waals surface area contributed by atoms with Crippen molar-refractivity contribution in [2.75, 3.05) is 26.2 Å². The lowest BCUT2D eigenvalue weighted by Gasteiger charge is -2.31. The Hall–Kier alpha value is -3.12. The van der Waals surface area contributed by atoms with Crippen LogP contribution in [0.4, 0.5) is 0 Å². The van der Waals surface area contributed by atoms with E-state index in [2.05, 4.69) is 44.7 Å². The van der Waals surface area contributed by atoms with Crippen molar-refractivity contribution < 1.29 is 19.1 Å². The van der Waals surface area contributed by atoms with Gasteiger partial charge in [0.25, 0.3) is 0 Å². The monoisotopic (exact) mass is 488 g/mol. The van der Waals surface area contributed by atoms with Crippen LogP contribution in [-0.4, -0.2) is 48.1 Å². The summed E-state index contributed by atoms with van der Waals surface area (Å²) in [5.41, 5.74) is 3.17. The summed E-state index contributed by atoms with van der Waals surface area (Å²) in [5.74, 6) is 1.15. The van der Waals surface area contributed by atoms with Crippen molar-refractivity contribution in [1.82, 2.24) is 9.47 Å². The molecule has 1 saturated carbocycles. The predicted molar refractivity (Wildman–Crippen MR) is 140 cm³/mol. The number of likely N-dealkylation sites (tertiary alicyclic amines) is 1. The average Bonchev–Trinajstić information content (AvgIpc) is 3.28. The van der Waals surface area contributed by atoms with Gasteiger partial charge in [-0.1, -0.05) is 49.6 Å². The zero-order valence-corrected chi connectivity index (χ0v) is 20.9. The van der Waals surface area contributed by atoms with Crippen LogP contribution in [0.3, 0.4) is 0 Å². The third-order valence-corrected chi connectivity index (χ3v) is 7.95. The molecule has 6 nitrogen and oxygen atoms in total. The molecule has 190 valence electrons. The summed E-state index contributed by atoms with van der Waals surface area (Å²) < 4.78 is 12.9. The molecular weight excluding hydrogens is 452 g/mol.